The molecule has 0 saturated heterocycles. The molecule has 4 rings (SSSR count). The zero-order valence-corrected chi connectivity index (χ0v) is 14.1. The molecular weight excluding hydrogens is 353 g/mol. The van der Waals surface area contributed by atoms with Crippen molar-refractivity contribution in [2.45, 2.75) is 6.41 Å². The standard InChI is InChI=1S/C18H16FN5O3/c19-7-8-27-18(26)22-17-20-13-6-5-10(9-14(13)21-17)15-11-3-1-2-4-12(11)16(25)24-23-15/h1-6,9,18,26H,7-8H2,(H,24,25)(H2,20,21,22). The quantitative estimate of drug-likeness (QED) is 0.387. The second-order valence-corrected chi connectivity index (χ2v) is 5.82. The molecule has 0 aliphatic heterocycles. The van der Waals surface area contributed by atoms with Crippen molar-refractivity contribution in [3.05, 3.63) is 52.8 Å². The Morgan fingerprint density at radius 1 is 1.22 bits per heavy atom. The third-order valence-corrected chi connectivity index (χ3v) is 4.07. The van der Waals surface area contributed by atoms with Gasteiger partial charge < -0.3 is 20.1 Å². The number of hydrogen-bond acceptors (Lipinski definition) is 6. The smallest absolute Gasteiger partial charge is 0.272 e. The predicted molar refractivity (Wildman–Crippen MR) is 99.0 cm³/mol. The summed E-state index contributed by atoms with van der Waals surface area (Å²) in [5, 5.41) is 20.2. The van der Waals surface area contributed by atoms with Crippen LogP contribution in [0.5, 0.6) is 0 Å². The number of alkyl halides is 1. The van der Waals surface area contributed by atoms with E-state index in [0.29, 0.717) is 16.6 Å². The molecule has 0 radical (unpaired) electrons. The Kier molecular flexibility index (Phi) is 4.53. The molecule has 4 N–H and O–H groups in total. The van der Waals surface area contributed by atoms with Crippen molar-refractivity contribution in [1.82, 2.24) is 20.2 Å². The molecule has 2 aromatic heterocycles. The van der Waals surface area contributed by atoms with Crippen LogP contribution in [0.1, 0.15) is 0 Å². The Balaban J connectivity index is 1.70. The molecule has 0 spiro atoms. The number of halogens is 1. The van der Waals surface area contributed by atoms with Gasteiger partial charge in [0.2, 0.25) is 12.4 Å². The second kappa shape index (κ2) is 7.14. The van der Waals surface area contributed by atoms with Gasteiger partial charge in [-0.05, 0) is 18.2 Å². The Morgan fingerprint density at radius 3 is 2.85 bits per heavy atom. The number of H-pyrrole nitrogens is 2. The van der Waals surface area contributed by atoms with Gasteiger partial charge in [0, 0.05) is 10.9 Å². The van der Waals surface area contributed by atoms with E-state index in [-0.39, 0.29) is 18.1 Å². The zero-order valence-electron chi connectivity index (χ0n) is 14.1. The van der Waals surface area contributed by atoms with E-state index in [2.05, 4.69) is 25.5 Å². The third kappa shape index (κ3) is 3.37. The summed E-state index contributed by atoms with van der Waals surface area (Å²) in [6, 6.07) is 12.7. The fourth-order valence-electron chi connectivity index (χ4n) is 2.87. The minimum absolute atomic E-state index is 0.219. The van der Waals surface area contributed by atoms with E-state index in [1.54, 1.807) is 12.1 Å². The second-order valence-electron chi connectivity index (χ2n) is 5.82. The van der Waals surface area contributed by atoms with Crippen LogP contribution in [0.25, 0.3) is 33.1 Å². The largest absolute Gasteiger partial charge is 0.351 e. The Bertz CT molecular complexity index is 1160. The lowest BCUT2D eigenvalue weighted by molar-refractivity contribution is -0.0815. The first-order chi connectivity index (χ1) is 13.2. The van der Waals surface area contributed by atoms with Gasteiger partial charge in [0.25, 0.3) is 5.56 Å². The maximum absolute atomic E-state index is 12.1. The summed E-state index contributed by atoms with van der Waals surface area (Å²) in [4.78, 5) is 19.3. The van der Waals surface area contributed by atoms with Crippen molar-refractivity contribution < 1.29 is 14.2 Å². The van der Waals surface area contributed by atoms with Gasteiger partial charge >= 0.3 is 0 Å². The van der Waals surface area contributed by atoms with E-state index in [4.69, 9.17) is 4.74 Å². The molecule has 0 aliphatic rings. The van der Waals surface area contributed by atoms with Crippen molar-refractivity contribution in [3.63, 3.8) is 0 Å². The van der Waals surface area contributed by atoms with Gasteiger partial charge in [0.15, 0.2) is 0 Å². The highest BCUT2D eigenvalue weighted by molar-refractivity contribution is 5.95. The Labute approximate surface area is 152 Å². The summed E-state index contributed by atoms with van der Waals surface area (Å²) in [5.41, 5.74) is 2.53. The number of ether oxygens (including phenoxy) is 1. The van der Waals surface area contributed by atoms with Gasteiger partial charge in [-0.1, -0.05) is 24.3 Å². The normalized spacial score (nSPS) is 12.5. The Hall–Kier alpha value is -3.30. The monoisotopic (exact) mass is 369 g/mol. The molecule has 1 atom stereocenters. The number of aromatic amines is 2. The summed E-state index contributed by atoms with van der Waals surface area (Å²) in [6.45, 7) is -0.911. The van der Waals surface area contributed by atoms with E-state index in [1.165, 1.54) is 0 Å². The first-order valence-electron chi connectivity index (χ1n) is 8.25. The topological polar surface area (TPSA) is 116 Å². The molecule has 0 aliphatic carbocycles. The Morgan fingerprint density at radius 2 is 2.04 bits per heavy atom. The molecule has 1 unspecified atom stereocenters. The van der Waals surface area contributed by atoms with Gasteiger partial charge in [-0.3, -0.25) is 4.79 Å². The van der Waals surface area contributed by atoms with Crippen LogP contribution in [0.2, 0.25) is 0 Å². The van der Waals surface area contributed by atoms with Crippen LogP contribution in [0.3, 0.4) is 0 Å². The van der Waals surface area contributed by atoms with Crippen LogP contribution in [0, 0.1) is 0 Å². The molecule has 2 heterocycles. The van der Waals surface area contributed by atoms with Crippen molar-refractivity contribution in [3.8, 4) is 11.3 Å². The average Bonchev–Trinajstić information content (AvgIpc) is 3.08. The number of anilines is 1. The minimum atomic E-state index is -1.37. The van der Waals surface area contributed by atoms with Gasteiger partial charge in [0.05, 0.1) is 28.7 Å². The molecule has 27 heavy (non-hydrogen) atoms. The van der Waals surface area contributed by atoms with E-state index in [0.717, 1.165) is 16.5 Å². The number of nitrogens with one attached hydrogen (secondary N) is 3. The van der Waals surface area contributed by atoms with Crippen LogP contribution < -0.4 is 10.9 Å². The van der Waals surface area contributed by atoms with Gasteiger partial charge in [-0.25, -0.2) is 14.5 Å². The lowest BCUT2D eigenvalue weighted by atomic mass is 10.0. The number of rotatable bonds is 6. The van der Waals surface area contributed by atoms with Crippen molar-refractivity contribution >= 4 is 27.8 Å². The van der Waals surface area contributed by atoms with Gasteiger partial charge in [-0.2, -0.15) is 5.10 Å². The lowest BCUT2D eigenvalue weighted by Crippen LogP contribution is -2.24. The van der Waals surface area contributed by atoms with Crippen LogP contribution in [-0.4, -0.2) is 45.0 Å². The third-order valence-electron chi connectivity index (χ3n) is 4.07. The molecule has 9 heteroatoms. The van der Waals surface area contributed by atoms with E-state index in [9.17, 15) is 14.3 Å². The van der Waals surface area contributed by atoms with Crippen LogP contribution in [-0.2, 0) is 4.74 Å². The number of fused-ring (bicyclic) bond motifs is 2. The summed E-state index contributed by atoms with van der Waals surface area (Å²) >= 11 is 0. The fourth-order valence-corrected chi connectivity index (χ4v) is 2.87. The maximum atomic E-state index is 12.1. The highest BCUT2D eigenvalue weighted by Crippen LogP contribution is 2.27. The number of aromatic nitrogens is 4. The number of aliphatic hydroxyl groups excluding tert-OH is 1. The molecule has 2 aromatic carbocycles. The number of benzene rings is 2. The molecule has 0 bridgehead atoms. The van der Waals surface area contributed by atoms with Crippen molar-refractivity contribution in [1.29, 1.82) is 0 Å². The van der Waals surface area contributed by atoms with Crippen molar-refractivity contribution in [2.24, 2.45) is 0 Å². The van der Waals surface area contributed by atoms with E-state index < -0.39 is 13.1 Å². The summed E-state index contributed by atoms with van der Waals surface area (Å²) in [5.74, 6) is 0.285. The lowest BCUT2D eigenvalue weighted by Gasteiger charge is -2.10. The molecule has 8 nitrogen and oxygen atoms in total. The highest BCUT2D eigenvalue weighted by Gasteiger charge is 2.12. The zero-order chi connectivity index (χ0) is 18.8. The highest BCUT2D eigenvalue weighted by atomic mass is 19.1. The van der Waals surface area contributed by atoms with Gasteiger partial charge in [-0.15, -0.1) is 0 Å². The van der Waals surface area contributed by atoms with Crippen molar-refractivity contribution in [2.75, 3.05) is 18.6 Å². The number of imidazole rings is 1. The molecule has 0 fully saturated rings. The van der Waals surface area contributed by atoms with Crippen LogP contribution in [0.15, 0.2) is 47.3 Å². The fraction of sp³-hybridized carbons (Fsp3) is 0.167. The maximum Gasteiger partial charge on any atom is 0.272 e. The number of hydrogen-bond donors (Lipinski definition) is 4. The number of nitrogens with zero attached hydrogens (tertiary/aromatic N) is 2. The van der Waals surface area contributed by atoms with Crippen LogP contribution in [0.4, 0.5) is 10.3 Å². The molecule has 4 aromatic rings. The SMILES string of the molecule is O=c1[nH]nc(-c2ccc3[nH]c(NC(O)OCCF)nc3c2)c2ccccc12. The first kappa shape index (κ1) is 17.1. The number of aliphatic hydroxyl groups is 1. The summed E-state index contributed by atoms with van der Waals surface area (Å²) in [7, 11) is 0. The first-order valence-corrected chi connectivity index (χ1v) is 8.25. The average molecular weight is 369 g/mol. The summed E-state index contributed by atoms with van der Waals surface area (Å²) < 4.78 is 16.9. The molecule has 0 saturated carbocycles. The van der Waals surface area contributed by atoms with E-state index >= 15 is 0 Å². The predicted octanol–water partition coefficient (Wildman–Crippen LogP) is 2.14. The molecule has 0 amide bonds. The van der Waals surface area contributed by atoms with Crippen LogP contribution >= 0.6 is 0 Å². The van der Waals surface area contributed by atoms with Gasteiger partial charge in [0.1, 0.15) is 6.67 Å². The molecular formula is C18H16FN5O3. The molecule has 138 valence electrons. The minimum Gasteiger partial charge on any atom is -0.351 e. The van der Waals surface area contributed by atoms with E-state index in [1.807, 2.05) is 30.3 Å². The summed E-state index contributed by atoms with van der Waals surface area (Å²) in [6.07, 6.45) is -1.37.